The minimum Gasteiger partial charge on any atom is -0.345 e. The number of benzene rings is 2. The van der Waals surface area contributed by atoms with Gasteiger partial charge in [0.25, 0.3) is 0 Å². The summed E-state index contributed by atoms with van der Waals surface area (Å²) in [6, 6.07) is 18.2. The van der Waals surface area contributed by atoms with E-state index in [0.29, 0.717) is 18.3 Å². The summed E-state index contributed by atoms with van der Waals surface area (Å²) in [7, 11) is 0. The second kappa shape index (κ2) is 14.6. The van der Waals surface area contributed by atoms with Gasteiger partial charge >= 0.3 is 0 Å². The van der Waals surface area contributed by atoms with Gasteiger partial charge in [-0.2, -0.15) is 0 Å². The molecule has 0 saturated carbocycles. The fourth-order valence-electron chi connectivity index (χ4n) is 4.54. The fraction of sp³-hybridized carbons (Fsp3) is 0.500. The number of rotatable bonds is 15. The van der Waals surface area contributed by atoms with Crippen LogP contribution in [0, 0.1) is 17.2 Å². The minimum absolute atomic E-state index is 0.0538. The second-order valence-corrected chi connectivity index (χ2v) is 9.74. The van der Waals surface area contributed by atoms with Gasteiger partial charge in [0.2, 0.25) is 5.91 Å². The molecule has 0 fully saturated rings. The van der Waals surface area contributed by atoms with Gasteiger partial charge in [0, 0.05) is 11.6 Å². The SMILES string of the molecule is CCC(CCC[C@H](NC(=O)[C@H](N)C(c1ccccc1)c1ccccc1)C(C)=O)CC(=N)C(C)CC. The molecule has 1 amide bonds. The summed E-state index contributed by atoms with van der Waals surface area (Å²) >= 11 is 0. The molecule has 0 aliphatic rings. The van der Waals surface area contributed by atoms with Crippen molar-refractivity contribution in [1.29, 1.82) is 5.41 Å². The van der Waals surface area contributed by atoms with Crippen LogP contribution in [0.5, 0.6) is 0 Å². The van der Waals surface area contributed by atoms with Crippen molar-refractivity contribution in [1.82, 2.24) is 5.32 Å². The van der Waals surface area contributed by atoms with Crippen molar-refractivity contribution in [3.8, 4) is 0 Å². The lowest BCUT2D eigenvalue weighted by Gasteiger charge is -2.26. The number of amides is 1. The molecular formula is C30H43N3O2. The van der Waals surface area contributed by atoms with Crippen LogP contribution >= 0.6 is 0 Å². The maximum atomic E-state index is 13.2. The Bertz CT molecular complexity index is 890. The van der Waals surface area contributed by atoms with Crippen molar-refractivity contribution >= 4 is 17.4 Å². The van der Waals surface area contributed by atoms with Crippen LogP contribution in [-0.4, -0.2) is 29.5 Å². The van der Waals surface area contributed by atoms with E-state index < -0.39 is 12.1 Å². The van der Waals surface area contributed by atoms with E-state index >= 15 is 0 Å². The molecule has 190 valence electrons. The largest absolute Gasteiger partial charge is 0.345 e. The molecular weight excluding hydrogens is 434 g/mol. The molecule has 4 N–H and O–H groups in total. The zero-order chi connectivity index (χ0) is 25.8. The van der Waals surface area contributed by atoms with Crippen LogP contribution in [0.2, 0.25) is 0 Å². The molecule has 2 aromatic rings. The summed E-state index contributed by atoms with van der Waals surface area (Å²) in [4.78, 5) is 25.6. The maximum absolute atomic E-state index is 13.2. The third kappa shape index (κ3) is 8.74. The number of hydrogen-bond acceptors (Lipinski definition) is 4. The molecule has 2 aromatic carbocycles. The van der Waals surface area contributed by atoms with Crippen molar-refractivity contribution in [2.24, 2.45) is 17.6 Å². The Balaban J connectivity index is 2.04. The van der Waals surface area contributed by atoms with Crippen LogP contribution in [0.3, 0.4) is 0 Å². The molecule has 0 aliphatic heterocycles. The number of carbonyl (C=O) groups excluding carboxylic acids is 2. The highest BCUT2D eigenvalue weighted by atomic mass is 16.2. The quantitative estimate of drug-likeness (QED) is 0.280. The Hall–Kier alpha value is -2.79. The molecule has 0 saturated heterocycles. The van der Waals surface area contributed by atoms with Crippen molar-refractivity contribution in [3.63, 3.8) is 0 Å². The number of carbonyl (C=O) groups is 2. The summed E-state index contributed by atoms with van der Waals surface area (Å²) < 4.78 is 0. The third-order valence-corrected chi connectivity index (χ3v) is 7.18. The first kappa shape index (κ1) is 28.4. The van der Waals surface area contributed by atoms with Crippen molar-refractivity contribution in [2.45, 2.75) is 84.2 Å². The smallest absolute Gasteiger partial charge is 0.238 e. The van der Waals surface area contributed by atoms with Gasteiger partial charge < -0.3 is 16.5 Å². The molecule has 0 spiro atoms. The molecule has 35 heavy (non-hydrogen) atoms. The molecule has 0 aliphatic carbocycles. The zero-order valence-electron chi connectivity index (χ0n) is 21.8. The fourth-order valence-corrected chi connectivity index (χ4v) is 4.54. The normalized spacial score (nSPS) is 14.7. The topological polar surface area (TPSA) is 96.0 Å². The zero-order valence-corrected chi connectivity index (χ0v) is 21.8. The molecule has 0 radical (unpaired) electrons. The van der Waals surface area contributed by atoms with Gasteiger partial charge in [-0.05, 0) is 49.1 Å². The average Bonchev–Trinajstić information content (AvgIpc) is 2.87. The molecule has 5 heteroatoms. The maximum Gasteiger partial charge on any atom is 0.238 e. The van der Waals surface area contributed by atoms with Crippen molar-refractivity contribution < 1.29 is 9.59 Å². The van der Waals surface area contributed by atoms with Crippen LogP contribution < -0.4 is 11.1 Å². The first-order valence-corrected chi connectivity index (χ1v) is 13.0. The third-order valence-electron chi connectivity index (χ3n) is 7.18. The van der Waals surface area contributed by atoms with Gasteiger partial charge in [-0.15, -0.1) is 0 Å². The van der Waals surface area contributed by atoms with Gasteiger partial charge in [0.15, 0.2) is 5.78 Å². The van der Waals surface area contributed by atoms with Crippen LogP contribution in [0.1, 0.15) is 83.3 Å². The number of nitrogens with one attached hydrogen (secondary N) is 2. The van der Waals surface area contributed by atoms with Gasteiger partial charge in [-0.25, -0.2) is 0 Å². The van der Waals surface area contributed by atoms with E-state index in [1.807, 2.05) is 60.7 Å². The number of nitrogens with two attached hydrogens (primary N) is 1. The van der Waals surface area contributed by atoms with Crippen LogP contribution in [0.4, 0.5) is 0 Å². The molecule has 0 bridgehead atoms. The highest BCUT2D eigenvalue weighted by Gasteiger charge is 2.30. The summed E-state index contributed by atoms with van der Waals surface area (Å²) in [5.41, 5.74) is 9.27. The average molecular weight is 478 g/mol. The lowest BCUT2D eigenvalue weighted by Crippen LogP contribution is -2.50. The molecule has 5 nitrogen and oxygen atoms in total. The van der Waals surface area contributed by atoms with E-state index in [0.717, 1.165) is 48.9 Å². The van der Waals surface area contributed by atoms with Gasteiger partial charge in [0.1, 0.15) is 0 Å². The summed E-state index contributed by atoms with van der Waals surface area (Å²) in [6.45, 7) is 7.91. The van der Waals surface area contributed by atoms with Gasteiger partial charge in [0.05, 0.1) is 12.1 Å². The first-order chi connectivity index (χ1) is 16.8. The first-order valence-electron chi connectivity index (χ1n) is 13.0. The molecule has 0 heterocycles. The van der Waals surface area contributed by atoms with Crippen LogP contribution in [-0.2, 0) is 9.59 Å². The highest BCUT2D eigenvalue weighted by molar-refractivity contribution is 5.90. The Labute approximate surface area is 211 Å². The standard InChI is InChI=1S/C30H43N3O2/c1-5-21(3)26(31)20-23(6-2)14-13-19-27(22(4)34)33-30(35)29(32)28(24-15-9-7-10-16-24)25-17-11-8-12-18-25/h7-12,15-18,21,23,27-29,31H,5-6,13-14,19-20,32H2,1-4H3,(H,33,35)/t21?,23?,27-,29+/m0/s1. The molecule has 4 atom stereocenters. The Kier molecular flexibility index (Phi) is 11.8. The van der Waals surface area contributed by atoms with Crippen LogP contribution in [0.25, 0.3) is 0 Å². The lowest BCUT2D eigenvalue weighted by atomic mass is 9.84. The van der Waals surface area contributed by atoms with Gasteiger partial charge in [-0.1, -0.05) is 101 Å². The van der Waals surface area contributed by atoms with E-state index in [2.05, 4.69) is 26.1 Å². The Morgan fingerprint density at radius 2 is 1.46 bits per heavy atom. The number of hydrogen-bond donors (Lipinski definition) is 3. The molecule has 2 rings (SSSR count). The Morgan fingerprint density at radius 3 is 1.91 bits per heavy atom. The summed E-state index contributed by atoms with van der Waals surface area (Å²) in [5.74, 6) is 0.0797. The number of Topliss-reactive ketones (excluding diaryl/α,β-unsaturated/α-hetero) is 1. The second-order valence-electron chi connectivity index (χ2n) is 9.74. The molecule has 2 unspecified atom stereocenters. The van der Waals surface area contributed by atoms with E-state index in [1.54, 1.807) is 0 Å². The highest BCUT2D eigenvalue weighted by Crippen LogP contribution is 2.27. The predicted molar refractivity (Wildman–Crippen MR) is 145 cm³/mol. The predicted octanol–water partition coefficient (Wildman–Crippen LogP) is 5.87. The minimum atomic E-state index is -0.818. The van der Waals surface area contributed by atoms with E-state index in [4.69, 9.17) is 11.1 Å². The van der Waals surface area contributed by atoms with Gasteiger partial charge in [-0.3, -0.25) is 9.59 Å². The van der Waals surface area contributed by atoms with E-state index in [1.165, 1.54) is 6.92 Å². The van der Waals surface area contributed by atoms with E-state index in [-0.39, 0.29) is 17.6 Å². The van der Waals surface area contributed by atoms with Crippen molar-refractivity contribution in [3.05, 3.63) is 71.8 Å². The Morgan fingerprint density at radius 1 is 0.914 bits per heavy atom. The monoisotopic (exact) mass is 477 g/mol. The molecule has 0 aromatic heterocycles. The number of ketones is 1. The lowest BCUT2D eigenvalue weighted by molar-refractivity contribution is -0.128. The van der Waals surface area contributed by atoms with Crippen LogP contribution in [0.15, 0.2) is 60.7 Å². The van der Waals surface area contributed by atoms with E-state index in [9.17, 15) is 9.59 Å². The summed E-state index contributed by atoms with van der Waals surface area (Å²) in [6.07, 6.45) is 5.16. The summed E-state index contributed by atoms with van der Waals surface area (Å²) in [5, 5.41) is 11.3. The van der Waals surface area contributed by atoms with Crippen molar-refractivity contribution in [2.75, 3.05) is 0 Å².